The van der Waals surface area contributed by atoms with Crippen molar-refractivity contribution in [1.29, 1.82) is 0 Å². The van der Waals surface area contributed by atoms with E-state index in [1.54, 1.807) is 0 Å². The summed E-state index contributed by atoms with van der Waals surface area (Å²) in [5, 5.41) is 3.26. The molecule has 52 valence electrons. The van der Waals surface area contributed by atoms with Gasteiger partial charge in [0.25, 0.3) is 0 Å². The zero-order valence-electron chi connectivity index (χ0n) is 5.98. The SMILES string of the molecule is CCNCC1=NCCC1. The Bertz CT molecular complexity index is 107. The average molecular weight is 126 g/mol. The van der Waals surface area contributed by atoms with Crippen LogP contribution < -0.4 is 5.32 Å². The third-order valence-corrected chi connectivity index (χ3v) is 1.54. The second kappa shape index (κ2) is 3.62. The number of hydrogen-bond donors (Lipinski definition) is 1. The fraction of sp³-hybridized carbons (Fsp3) is 0.857. The molecule has 2 heteroatoms. The van der Waals surface area contributed by atoms with Crippen LogP contribution >= 0.6 is 0 Å². The summed E-state index contributed by atoms with van der Waals surface area (Å²) in [4.78, 5) is 4.33. The van der Waals surface area contributed by atoms with Crippen LogP contribution in [-0.2, 0) is 0 Å². The molecule has 0 fully saturated rings. The molecule has 0 aromatic heterocycles. The summed E-state index contributed by atoms with van der Waals surface area (Å²) in [7, 11) is 0. The molecule has 0 saturated heterocycles. The molecule has 0 unspecified atom stereocenters. The van der Waals surface area contributed by atoms with Gasteiger partial charge in [-0.1, -0.05) is 6.92 Å². The van der Waals surface area contributed by atoms with Gasteiger partial charge in [-0.05, 0) is 19.4 Å². The fourth-order valence-electron chi connectivity index (χ4n) is 1.01. The van der Waals surface area contributed by atoms with Gasteiger partial charge in [-0.25, -0.2) is 0 Å². The van der Waals surface area contributed by atoms with E-state index in [1.807, 2.05) is 0 Å². The lowest BCUT2D eigenvalue weighted by molar-refractivity contribution is 0.811. The van der Waals surface area contributed by atoms with Crippen molar-refractivity contribution in [2.45, 2.75) is 19.8 Å². The Morgan fingerprint density at radius 3 is 3.11 bits per heavy atom. The Kier molecular flexibility index (Phi) is 2.71. The Balaban J connectivity index is 2.11. The largest absolute Gasteiger partial charge is 0.312 e. The first-order chi connectivity index (χ1) is 4.43. The molecule has 0 atom stereocenters. The average Bonchev–Trinajstić information content (AvgIpc) is 2.34. The highest BCUT2D eigenvalue weighted by Crippen LogP contribution is 2.01. The minimum absolute atomic E-state index is 1.01. The lowest BCUT2D eigenvalue weighted by Gasteiger charge is -1.98. The van der Waals surface area contributed by atoms with Gasteiger partial charge in [0.15, 0.2) is 0 Å². The van der Waals surface area contributed by atoms with E-state index in [-0.39, 0.29) is 0 Å². The molecule has 0 aromatic rings. The highest BCUT2D eigenvalue weighted by atomic mass is 14.9. The quantitative estimate of drug-likeness (QED) is 0.595. The summed E-state index contributed by atoms with van der Waals surface area (Å²) < 4.78 is 0. The minimum Gasteiger partial charge on any atom is -0.312 e. The van der Waals surface area contributed by atoms with Gasteiger partial charge in [0, 0.05) is 18.8 Å². The highest BCUT2D eigenvalue weighted by molar-refractivity contribution is 5.87. The van der Waals surface area contributed by atoms with Crippen LogP contribution in [0.2, 0.25) is 0 Å². The smallest absolute Gasteiger partial charge is 0.0392 e. The van der Waals surface area contributed by atoms with Gasteiger partial charge >= 0.3 is 0 Å². The summed E-state index contributed by atoms with van der Waals surface area (Å²) in [6.07, 6.45) is 2.48. The number of nitrogens with zero attached hydrogens (tertiary/aromatic N) is 1. The number of rotatable bonds is 3. The van der Waals surface area contributed by atoms with E-state index in [2.05, 4.69) is 17.2 Å². The first kappa shape index (κ1) is 6.75. The molecule has 0 bridgehead atoms. The van der Waals surface area contributed by atoms with Crippen molar-refractivity contribution in [2.24, 2.45) is 4.99 Å². The van der Waals surface area contributed by atoms with E-state index in [0.717, 1.165) is 19.6 Å². The van der Waals surface area contributed by atoms with Crippen LogP contribution in [0.5, 0.6) is 0 Å². The molecule has 2 nitrogen and oxygen atoms in total. The van der Waals surface area contributed by atoms with Crippen molar-refractivity contribution in [3.05, 3.63) is 0 Å². The van der Waals surface area contributed by atoms with Gasteiger partial charge < -0.3 is 5.32 Å². The van der Waals surface area contributed by atoms with Gasteiger partial charge in [-0.2, -0.15) is 0 Å². The first-order valence-corrected chi connectivity index (χ1v) is 3.66. The maximum atomic E-state index is 4.33. The second-order valence-electron chi connectivity index (χ2n) is 2.33. The van der Waals surface area contributed by atoms with Gasteiger partial charge in [0.2, 0.25) is 0 Å². The molecular formula is C7H14N2. The van der Waals surface area contributed by atoms with Crippen molar-refractivity contribution >= 4 is 5.71 Å². The van der Waals surface area contributed by atoms with E-state index in [9.17, 15) is 0 Å². The predicted molar refractivity (Wildman–Crippen MR) is 40.1 cm³/mol. The molecule has 1 aliphatic rings. The number of nitrogens with one attached hydrogen (secondary N) is 1. The van der Waals surface area contributed by atoms with E-state index < -0.39 is 0 Å². The number of hydrogen-bond acceptors (Lipinski definition) is 2. The second-order valence-corrected chi connectivity index (χ2v) is 2.33. The molecule has 1 heterocycles. The molecule has 0 spiro atoms. The van der Waals surface area contributed by atoms with Crippen LogP contribution in [0.25, 0.3) is 0 Å². The van der Waals surface area contributed by atoms with Gasteiger partial charge in [-0.15, -0.1) is 0 Å². The lowest BCUT2D eigenvalue weighted by atomic mass is 10.2. The van der Waals surface area contributed by atoms with E-state index in [4.69, 9.17) is 0 Å². The van der Waals surface area contributed by atoms with Gasteiger partial charge in [-0.3, -0.25) is 4.99 Å². The van der Waals surface area contributed by atoms with Crippen LogP contribution in [0.15, 0.2) is 4.99 Å². The summed E-state index contributed by atoms with van der Waals surface area (Å²) >= 11 is 0. The van der Waals surface area contributed by atoms with Crippen molar-refractivity contribution in [3.8, 4) is 0 Å². The molecule has 0 saturated carbocycles. The van der Waals surface area contributed by atoms with Gasteiger partial charge in [0.05, 0.1) is 0 Å². The Labute approximate surface area is 56.4 Å². The van der Waals surface area contributed by atoms with Crippen LogP contribution in [-0.4, -0.2) is 25.3 Å². The Hall–Kier alpha value is -0.370. The summed E-state index contributed by atoms with van der Waals surface area (Å²) in [6, 6.07) is 0. The Morgan fingerprint density at radius 1 is 1.67 bits per heavy atom. The van der Waals surface area contributed by atoms with Crippen LogP contribution in [0, 0.1) is 0 Å². The Morgan fingerprint density at radius 2 is 2.56 bits per heavy atom. The van der Waals surface area contributed by atoms with E-state index in [0.29, 0.717) is 0 Å². The molecule has 0 aromatic carbocycles. The lowest BCUT2D eigenvalue weighted by Crippen LogP contribution is -2.20. The third-order valence-electron chi connectivity index (χ3n) is 1.54. The van der Waals surface area contributed by atoms with Crippen molar-refractivity contribution in [3.63, 3.8) is 0 Å². The van der Waals surface area contributed by atoms with Crippen LogP contribution in [0.3, 0.4) is 0 Å². The van der Waals surface area contributed by atoms with Crippen molar-refractivity contribution in [1.82, 2.24) is 5.32 Å². The maximum absolute atomic E-state index is 4.33. The molecule has 0 aliphatic carbocycles. The predicted octanol–water partition coefficient (Wildman–Crippen LogP) is 0.831. The summed E-state index contributed by atoms with van der Waals surface area (Å²) in [5.41, 5.74) is 1.36. The van der Waals surface area contributed by atoms with Gasteiger partial charge in [0.1, 0.15) is 0 Å². The fourth-order valence-corrected chi connectivity index (χ4v) is 1.01. The van der Waals surface area contributed by atoms with Crippen LogP contribution in [0.1, 0.15) is 19.8 Å². The van der Waals surface area contributed by atoms with Crippen molar-refractivity contribution < 1.29 is 0 Å². The molecule has 1 N–H and O–H groups in total. The standard InChI is InChI=1S/C7H14N2/c1-2-8-6-7-4-3-5-9-7/h8H,2-6H2,1H3. The first-order valence-electron chi connectivity index (χ1n) is 3.66. The molecule has 1 aliphatic heterocycles. The summed E-state index contributed by atoms with van der Waals surface area (Å²) in [6.45, 7) is 5.24. The number of aliphatic imine (C=N–C) groups is 1. The molecular weight excluding hydrogens is 112 g/mol. The normalized spacial score (nSPS) is 18.1. The maximum Gasteiger partial charge on any atom is 0.0392 e. The summed E-state index contributed by atoms with van der Waals surface area (Å²) in [5.74, 6) is 0. The minimum atomic E-state index is 1.01. The molecule has 1 rings (SSSR count). The van der Waals surface area contributed by atoms with E-state index in [1.165, 1.54) is 18.6 Å². The molecule has 0 radical (unpaired) electrons. The van der Waals surface area contributed by atoms with Crippen LogP contribution in [0.4, 0.5) is 0 Å². The third kappa shape index (κ3) is 2.14. The molecule has 9 heavy (non-hydrogen) atoms. The monoisotopic (exact) mass is 126 g/mol. The molecule has 0 amide bonds. The van der Waals surface area contributed by atoms with E-state index >= 15 is 0 Å². The zero-order valence-corrected chi connectivity index (χ0v) is 5.98. The topological polar surface area (TPSA) is 24.4 Å². The zero-order chi connectivity index (χ0) is 6.53. The highest BCUT2D eigenvalue weighted by Gasteiger charge is 2.03. The van der Waals surface area contributed by atoms with Crippen molar-refractivity contribution in [2.75, 3.05) is 19.6 Å².